The maximum atomic E-state index is 13.1. The number of ether oxygens (including phenoxy) is 2. The Hall–Kier alpha value is -2.91. The van der Waals surface area contributed by atoms with E-state index in [-0.39, 0.29) is 17.2 Å². The Kier molecular flexibility index (Phi) is 7.67. The number of hydrogen-bond acceptors (Lipinski definition) is 6. The first-order chi connectivity index (χ1) is 15.9. The number of benzene rings is 2. The standard InChI is InChI=1S/C25H28F3NO5/c1-16(30)33-22-14-18(25(26,27)28)10-11-21(22)23(31)34-20-9-6-8-17(13-20)24(32)12-5-4-7-19(24)15-29(2)3/h6,8-11,13-14,19,32H,4-5,7,12,15H2,1-3H3. The largest absolute Gasteiger partial charge is 0.426 e. The number of carbonyl (C=O) groups is 2. The fourth-order valence-corrected chi connectivity index (χ4v) is 4.39. The minimum Gasteiger partial charge on any atom is -0.426 e. The predicted molar refractivity (Wildman–Crippen MR) is 119 cm³/mol. The van der Waals surface area contributed by atoms with Gasteiger partial charge in [0.2, 0.25) is 0 Å². The number of aliphatic hydroxyl groups is 1. The number of carbonyl (C=O) groups excluding carboxylic acids is 2. The topological polar surface area (TPSA) is 76.1 Å². The van der Waals surface area contributed by atoms with Crippen molar-refractivity contribution in [3.63, 3.8) is 0 Å². The maximum Gasteiger partial charge on any atom is 0.416 e. The zero-order valence-electron chi connectivity index (χ0n) is 19.3. The van der Waals surface area contributed by atoms with Gasteiger partial charge in [-0.1, -0.05) is 25.0 Å². The summed E-state index contributed by atoms with van der Waals surface area (Å²) in [6.45, 7) is 1.71. The highest BCUT2D eigenvalue weighted by Gasteiger charge is 2.40. The Morgan fingerprint density at radius 2 is 1.85 bits per heavy atom. The van der Waals surface area contributed by atoms with E-state index in [1.165, 1.54) is 6.07 Å². The third-order valence-electron chi connectivity index (χ3n) is 5.95. The summed E-state index contributed by atoms with van der Waals surface area (Å²) < 4.78 is 49.5. The van der Waals surface area contributed by atoms with Gasteiger partial charge in [0.1, 0.15) is 17.1 Å². The van der Waals surface area contributed by atoms with Gasteiger partial charge >= 0.3 is 18.1 Å². The van der Waals surface area contributed by atoms with E-state index in [0.717, 1.165) is 38.3 Å². The molecule has 9 heteroatoms. The maximum absolute atomic E-state index is 13.1. The van der Waals surface area contributed by atoms with Crippen LogP contribution in [0.3, 0.4) is 0 Å². The SMILES string of the molecule is CC(=O)Oc1cc(C(F)(F)F)ccc1C(=O)Oc1cccc(C2(O)CCCCC2CN(C)C)c1. The van der Waals surface area contributed by atoms with Crippen molar-refractivity contribution < 1.29 is 37.3 Å². The quantitative estimate of drug-likeness (QED) is 0.474. The summed E-state index contributed by atoms with van der Waals surface area (Å²) in [5, 5.41) is 11.5. The number of rotatable bonds is 6. The molecule has 1 fully saturated rings. The molecule has 0 bridgehead atoms. The van der Waals surface area contributed by atoms with Crippen LogP contribution in [-0.2, 0) is 16.6 Å². The third-order valence-corrected chi connectivity index (χ3v) is 5.95. The van der Waals surface area contributed by atoms with Crippen LogP contribution in [0.1, 0.15) is 54.1 Å². The van der Waals surface area contributed by atoms with E-state index in [0.29, 0.717) is 24.6 Å². The number of hydrogen-bond donors (Lipinski definition) is 1. The first-order valence-corrected chi connectivity index (χ1v) is 11.0. The van der Waals surface area contributed by atoms with Crippen LogP contribution >= 0.6 is 0 Å². The molecule has 0 heterocycles. The molecule has 6 nitrogen and oxygen atoms in total. The number of halogens is 3. The second kappa shape index (κ2) is 10.1. The zero-order valence-corrected chi connectivity index (χ0v) is 19.3. The molecule has 1 N–H and O–H groups in total. The molecular weight excluding hydrogens is 451 g/mol. The average molecular weight is 479 g/mol. The molecule has 0 aliphatic heterocycles. The van der Waals surface area contributed by atoms with Gasteiger partial charge < -0.3 is 19.5 Å². The van der Waals surface area contributed by atoms with Gasteiger partial charge in [-0.05, 0) is 62.8 Å². The molecule has 2 unspecified atom stereocenters. The van der Waals surface area contributed by atoms with Gasteiger partial charge in [-0.25, -0.2) is 4.79 Å². The molecule has 0 spiro atoms. The summed E-state index contributed by atoms with van der Waals surface area (Å²) in [5.41, 5.74) is -1.87. The highest BCUT2D eigenvalue weighted by molar-refractivity contribution is 5.95. The van der Waals surface area contributed by atoms with Crippen LogP contribution in [0.15, 0.2) is 42.5 Å². The van der Waals surface area contributed by atoms with Gasteiger partial charge in [-0.3, -0.25) is 4.79 Å². The van der Waals surface area contributed by atoms with E-state index in [1.807, 2.05) is 19.0 Å². The first-order valence-electron chi connectivity index (χ1n) is 11.0. The first kappa shape index (κ1) is 25.7. The molecule has 2 aromatic rings. The lowest BCUT2D eigenvalue weighted by Crippen LogP contribution is -2.43. The molecule has 1 aliphatic rings. The van der Waals surface area contributed by atoms with Crippen LogP contribution in [0, 0.1) is 5.92 Å². The molecule has 2 aromatic carbocycles. The fourth-order valence-electron chi connectivity index (χ4n) is 4.39. The summed E-state index contributed by atoms with van der Waals surface area (Å²) in [6, 6.07) is 8.73. The van der Waals surface area contributed by atoms with E-state index in [4.69, 9.17) is 9.47 Å². The van der Waals surface area contributed by atoms with Gasteiger partial charge in [-0.15, -0.1) is 0 Å². The van der Waals surface area contributed by atoms with Crippen LogP contribution in [0.4, 0.5) is 13.2 Å². The molecule has 0 radical (unpaired) electrons. The minimum atomic E-state index is -4.68. The highest BCUT2D eigenvalue weighted by Crippen LogP contribution is 2.43. The van der Waals surface area contributed by atoms with Crippen LogP contribution in [0.5, 0.6) is 11.5 Å². The lowest BCUT2D eigenvalue weighted by Gasteiger charge is -2.41. The second-order valence-electron chi connectivity index (χ2n) is 8.85. The summed E-state index contributed by atoms with van der Waals surface area (Å²) in [6.07, 6.45) is -1.37. The van der Waals surface area contributed by atoms with Crippen LogP contribution in [0.25, 0.3) is 0 Å². The average Bonchev–Trinajstić information content (AvgIpc) is 2.74. The third kappa shape index (κ3) is 5.95. The van der Waals surface area contributed by atoms with Crippen molar-refractivity contribution in [3.05, 3.63) is 59.2 Å². The monoisotopic (exact) mass is 479 g/mol. The van der Waals surface area contributed by atoms with Crippen molar-refractivity contribution in [1.29, 1.82) is 0 Å². The van der Waals surface area contributed by atoms with Crippen molar-refractivity contribution in [1.82, 2.24) is 4.90 Å². The van der Waals surface area contributed by atoms with E-state index in [1.54, 1.807) is 18.2 Å². The lowest BCUT2D eigenvalue weighted by atomic mass is 9.71. The number of nitrogens with zero attached hydrogens (tertiary/aromatic N) is 1. The summed E-state index contributed by atoms with van der Waals surface area (Å²) in [4.78, 5) is 26.2. The molecule has 0 saturated heterocycles. The van der Waals surface area contributed by atoms with Crippen molar-refractivity contribution >= 4 is 11.9 Å². The molecule has 34 heavy (non-hydrogen) atoms. The molecule has 0 aromatic heterocycles. The van der Waals surface area contributed by atoms with Gasteiger partial charge in [0.05, 0.1) is 11.2 Å². The van der Waals surface area contributed by atoms with Crippen LogP contribution in [-0.4, -0.2) is 42.6 Å². The predicted octanol–water partition coefficient (Wildman–Crippen LogP) is 4.79. The number of alkyl halides is 3. The van der Waals surface area contributed by atoms with Crippen molar-refractivity contribution in [2.45, 2.75) is 44.4 Å². The number of esters is 2. The smallest absolute Gasteiger partial charge is 0.416 e. The van der Waals surface area contributed by atoms with E-state index in [2.05, 4.69) is 0 Å². The summed E-state index contributed by atoms with van der Waals surface area (Å²) in [5.74, 6) is -2.28. The van der Waals surface area contributed by atoms with E-state index < -0.39 is 35.0 Å². The van der Waals surface area contributed by atoms with Crippen LogP contribution in [0.2, 0.25) is 0 Å². The summed E-state index contributed by atoms with van der Waals surface area (Å²) in [7, 11) is 3.88. The summed E-state index contributed by atoms with van der Waals surface area (Å²) >= 11 is 0. The Morgan fingerprint density at radius 3 is 2.50 bits per heavy atom. The highest BCUT2D eigenvalue weighted by atomic mass is 19.4. The molecule has 0 amide bonds. The second-order valence-corrected chi connectivity index (χ2v) is 8.85. The zero-order chi connectivity index (χ0) is 25.1. The van der Waals surface area contributed by atoms with E-state index >= 15 is 0 Å². The van der Waals surface area contributed by atoms with Gasteiger partial charge in [0.15, 0.2) is 0 Å². The van der Waals surface area contributed by atoms with E-state index in [9.17, 15) is 27.9 Å². The Morgan fingerprint density at radius 1 is 1.12 bits per heavy atom. The van der Waals surface area contributed by atoms with Crippen molar-refractivity contribution in [2.24, 2.45) is 5.92 Å². The Balaban J connectivity index is 1.89. The Labute approximate surface area is 196 Å². The fraction of sp³-hybridized carbons (Fsp3) is 0.440. The molecule has 184 valence electrons. The van der Waals surface area contributed by atoms with Crippen molar-refractivity contribution in [3.8, 4) is 11.5 Å². The lowest BCUT2D eigenvalue weighted by molar-refractivity contribution is -0.138. The normalized spacial score (nSPS) is 20.8. The van der Waals surface area contributed by atoms with Crippen molar-refractivity contribution in [2.75, 3.05) is 20.6 Å². The van der Waals surface area contributed by atoms with Gasteiger partial charge in [-0.2, -0.15) is 13.2 Å². The molecule has 1 aliphatic carbocycles. The molecule has 2 atom stereocenters. The van der Waals surface area contributed by atoms with Gasteiger partial charge in [0, 0.05) is 19.4 Å². The van der Waals surface area contributed by atoms with Gasteiger partial charge in [0.25, 0.3) is 0 Å². The molecule has 3 rings (SSSR count). The molecule has 1 saturated carbocycles. The molecular formula is C25H28F3NO5. The van der Waals surface area contributed by atoms with Crippen LogP contribution < -0.4 is 9.47 Å². The Bertz CT molecular complexity index is 1050. The minimum absolute atomic E-state index is 0.00677.